The number of hydrogen-bond acceptors (Lipinski definition) is 3. The summed E-state index contributed by atoms with van der Waals surface area (Å²) in [5, 5.41) is 6.60. The van der Waals surface area contributed by atoms with Crippen molar-refractivity contribution in [3.05, 3.63) is 24.2 Å². The van der Waals surface area contributed by atoms with Gasteiger partial charge in [-0.2, -0.15) is 0 Å². The molecular formula is C17H28N4O2. The molecule has 2 heterocycles. The molecule has 1 aliphatic rings. The molecule has 1 unspecified atom stereocenters. The van der Waals surface area contributed by atoms with Crippen LogP contribution in [0, 0.1) is 0 Å². The van der Waals surface area contributed by atoms with Gasteiger partial charge in [-0.15, -0.1) is 0 Å². The molecule has 1 fully saturated rings. The molecule has 1 aromatic heterocycles. The van der Waals surface area contributed by atoms with Crippen molar-refractivity contribution in [1.82, 2.24) is 15.5 Å². The lowest BCUT2D eigenvalue weighted by Gasteiger charge is -2.27. The van der Waals surface area contributed by atoms with E-state index in [2.05, 4.69) is 22.5 Å². The third-order valence-electron chi connectivity index (χ3n) is 4.26. The fourth-order valence-electron chi connectivity index (χ4n) is 2.97. The van der Waals surface area contributed by atoms with Crippen LogP contribution in [0.3, 0.4) is 0 Å². The predicted molar refractivity (Wildman–Crippen MR) is 91.4 cm³/mol. The molecule has 0 aliphatic carbocycles. The zero-order chi connectivity index (χ0) is 16.5. The quantitative estimate of drug-likeness (QED) is 0.566. The van der Waals surface area contributed by atoms with E-state index in [0.29, 0.717) is 18.4 Å². The molecule has 1 aromatic rings. The Balaban J connectivity index is 1.67. The van der Waals surface area contributed by atoms with E-state index < -0.39 is 0 Å². The maximum atomic E-state index is 11.8. The number of nitrogens with one attached hydrogen (secondary N) is 2. The monoisotopic (exact) mass is 320 g/mol. The Labute approximate surface area is 138 Å². The smallest absolute Gasteiger partial charge is 0.222 e. The number of nitrogens with zero attached hydrogens (tertiary/aromatic N) is 2. The number of likely N-dealkylation sites (tertiary alicyclic amines) is 1. The van der Waals surface area contributed by atoms with Crippen LogP contribution < -0.4 is 10.6 Å². The summed E-state index contributed by atoms with van der Waals surface area (Å²) in [5.41, 5.74) is 0. The highest BCUT2D eigenvalue weighted by molar-refractivity contribution is 5.79. The van der Waals surface area contributed by atoms with Crippen LogP contribution in [0.25, 0.3) is 0 Å². The van der Waals surface area contributed by atoms with Gasteiger partial charge in [0.15, 0.2) is 5.96 Å². The Kier molecular flexibility index (Phi) is 6.97. The van der Waals surface area contributed by atoms with Crippen LogP contribution in [0.4, 0.5) is 0 Å². The van der Waals surface area contributed by atoms with Gasteiger partial charge in [-0.25, -0.2) is 0 Å². The normalized spacial score (nSPS) is 16.7. The molecule has 0 aromatic carbocycles. The van der Waals surface area contributed by atoms with E-state index in [-0.39, 0.29) is 0 Å². The van der Waals surface area contributed by atoms with Gasteiger partial charge in [-0.1, -0.05) is 6.92 Å². The van der Waals surface area contributed by atoms with E-state index in [0.717, 1.165) is 57.0 Å². The van der Waals surface area contributed by atoms with Crippen molar-refractivity contribution in [3.63, 3.8) is 0 Å². The van der Waals surface area contributed by atoms with Crippen LogP contribution in [-0.4, -0.2) is 49.5 Å². The average Bonchev–Trinajstić information content (AvgIpc) is 3.22. The van der Waals surface area contributed by atoms with Crippen molar-refractivity contribution < 1.29 is 9.21 Å². The number of guanidine groups is 1. The lowest BCUT2D eigenvalue weighted by atomic mass is 10.1. The average molecular weight is 320 g/mol. The first-order chi connectivity index (χ1) is 11.2. The molecular weight excluding hydrogens is 292 g/mol. The lowest BCUT2D eigenvalue weighted by molar-refractivity contribution is -0.129. The first kappa shape index (κ1) is 17.4. The lowest BCUT2D eigenvalue weighted by Crippen LogP contribution is -2.42. The van der Waals surface area contributed by atoms with Gasteiger partial charge in [0, 0.05) is 45.6 Å². The third kappa shape index (κ3) is 5.30. The van der Waals surface area contributed by atoms with Gasteiger partial charge in [0.05, 0.1) is 6.26 Å². The van der Waals surface area contributed by atoms with E-state index >= 15 is 0 Å². The number of furan rings is 1. The molecule has 128 valence electrons. The molecule has 1 aliphatic heterocycles. The van der Waals surface area contributed by atoms with Crippen molar-refractivity contribution in [2.75, 3.05) is 26.7 Å². The van der Waals surface area contributed by atoms with E-state index in [4.69, 9.17) is 4.42 Å². The number of hydrogen-bond donors (Lipinski definition) is 2. The first-order valence-corrected chi connectivity index (χ1v) is 8.51. The largest absolute Gasteiger partial charge is 0.469 e. The van der Waals surface area contributed by atoms with E-state index in [1.54, 1.807) is 13.3 Å². The summed E-state index contributed by atoms with van der Waals surface area (Å²) in [5.74, 6) is 2.06. The molecule has 23 heavy (non-hydrogen) atoms. The predicted octanol–water partition coefficient (Wildman–Crippen LogP) is 1.78. The SMILES string of the molecule is CCC(CCNC(=NC)NCCc1ccco1)N1CCCC1=O. The highest BCUT2D eigenvalue weighted by Crippen LogP contribution is 2.17. The van der Waals surface area contributed by atoms with Crippen LogP contribution in [0.1, 0.15) is 38.4 Å². The molecule has 2 N–H and O–H groups in total. The molecule has 0 bridgehead atoms. The molecule has 1 amide bonds. The highest BCUT2D eigenvalue weighted by atomic mass is 16.3. The maximum absolute atomic E-state index is 11.8. The van der Waals surface area contributed by atoms with Gasteiger partial charge in [0.2, 0.25) is 5.91 Å². The molecule has 1 atom stereocenters. The molecule has 0 spiro atoms. The summed E-state index contributed by atoms with van der Waals surface area (Å²) in [6.07, 6.45) is 6.16. The minimum Gasteiger partial charge on any atom is -0.469 e. The molecule has 0 saturated carbocycles. The van der Waals surface area contributed by atoms with Crippen LogP contribution in [0.5, 0.6) is 0 Å². The van der Waals surface area contributed by atoms with Crippen molar-refractivity contribution in [3.8, 4) is 0 Å². The Morgan fingerprint density at radius 1 is 1.43 bits per heavy atom. The summed E-state index contributed by atoms with van der Waals surface area (Å²) in [6.45, 7) is 4.64. The van der Waals surface area contributed by atoms with Crippen molar-refractivity contribution in [2.24, 2.45) is 4.99 Å². The number of aliphatic imine (C=N–C) groups is 1. The minimum absolute atomic E-state index is 0.304. The van der Waals surface area contributed by atoms with Crippen LogP contribution in [0.15, 0.2) is 27.8 Å². The van der Waals surface area contributed by atoms with Crippen LogP contribution in [-0.2, 0) is 11.2 Å². The Morgan fingerprint density at radius 3 is 2.87 bits per heavy atom. The second-order valence-corrected chi connectivity index (χ2v) is 5.80. The van der Waals surface area contributed by atoms with Crippen LogP contribution in [0.2, 0.25) is 0 Å². The zero-order valence-electron chi connectivity index (χ0n) is 14.2. The molecule has 1 saturated heterocycles. The molecule has 6 heteroatoms. The summed E-state index contributed by atoms with van der Waals surface area (Å²) in [7, 11) is 1.77. The summed E-state index contributed by atoms with van der Waals surface area (Å²) in [6, 6.07) is 4.20. The van der Waals surface area contributed by atoms with Crippen LogP contribution >= 0.6 is 0 Å². The molecule has 2 rings (SSSR count). The number of rotatable bonds is 8. The van der Waals surface area contributed by atoms with Crippen molar-refractivity contribution in [1.29, 1.82) is 0 Å². The minimum atomic E-state index is 0.304. The molecule has 6 nitrogen and oxygen atoms in total. The Morgan fingerprint density at radius 2 is 2.26 bits per heavy atom. The van der Waals surface area contributed by atoms with Crippen molar-refractivity contribution >= 4 is 11.9 Å². The fraction of sp³-hybridized carbons (Fsp3) is 0.647. The highest BCUT2D eigenvalue weighted by Gasteiger charge is 2.26. The van der Waals surface area contributed by atoms with E-state index in [1.807, 2.05) is 17.0 Å². The Hall–Kier alpha value is -1.98. The molecule has 0 radical (unpaired) electrons. The van der Waals surface area contributed by atoms with Gasteiger partial charge in [-0.05, 0) is 31.4 Å². The Bertz CT molecular complexity index is 499. The third-order valence-corrected chi connectivity index (χ3v) is 4.26. The first-order valence-electron chi connectivity index (χ1n) is 8.51. The van der Waals surface area contributed by atoms with E-state index in [9.17, 15) is 4.79 Å². The van der Waals surface area contributed by atoms with Gasteiger partial charge in [-0.3, -0.25) is 9.79 Å². The standard InChI is InChI=1S/C17H28N4O2/c1-3-14(21-12-4-7-16(21)22)8-10-19-17(18-2)20-11-9-15-6-5-13-23-15/h5-6,13-14H,3-4,7-12H2,1-2H3,(H2,18,19,20). The second-order valence-electron chi connectivity index (χ2n) is 5.80. The van der Waals surface area contributed by atoms with Crippen molar-refractivity contribution in [2.45, 2.75) is 45.1 Å². The zero-order valence-corrected chi connectivity index (χ0v) is 14.2. The topological polar surface area (TPSA) is 69.9 Å². The van der Waals surface area contributed by atoms with Gasteiger partial charge in [0.1, 0.15) is 5.76 Å². The maximum Gasteiger partial charge on any atom is 0.222 e. The summed E-state index contributed by atoms with van der Waals surface area (Å²) in [4.78, 5) is 18.1. The van der Waals surface area contributed by atoms with Gasteiger partial charge >= 0.3 is 0 Å². The second kappa shape index (κ2) is 9.22. The fourth-order valence-corrected chi connectivity index (χ4v) is 2.97. The van der Waals surface area contributed by atoms with Gasteiger partial charge in [0.25, 0.3) is 0 Å². The summed E-state index contributed by atoms with van der Waals surface area (Å²) < 4.78 is 5.31. The number of carbonyl (C=O) groups excluding carboxylic acids is 1. The van der Waals surface area contributed by atoms with E-state index in [1.165, 1.54) is 0 Å². The number of carbonyl (C=O) groups is 1. The van der Waals surface area contributed by atoms with Gasteiger partial charge < -0.3 is 20.0 Å². The summed E-state index contributed by atoms with van der Waals surface area (Å²) >= 11 is 0. The number of amides is 1.